The van der Waals surface area contributed by atoms with Crippen LogP contribution in [0.5, 0.6) is 0 Å². The molecule has 0 aromatic carbocycles. The van der Waals surface area contributed by atoms with Crippen LogP contribution in [0.25, 0.3) is 0 Å². The highest BCUT2D eigenvalue weighted by Gasteiger charge is 2.35. The van der Waals surface area contributed by atoms with Gasteiger partial charge in [-0.3, -0.25) is 0 Å². The van der Waals surface area contributed by atoms with Crippen LogP contribution >= 0.6 is 0 Å². The van der Waals surface area contributed by atoms with Gasteiger partial charge in [-0.1, -0.05) is 0 Å². The molecule has 4 nitrogen and oxygen atoms in total. The van der Waals surface area contributed by atoms with E-state index >= 15 is 0 Å². The van der Waals surface area contributed by atoms with Crippen molar-refractivity contribution >= 4 is 6.09 Å². The molecule has 1 amide bonds. The summed E-state index contributed by atoms with van der Waals surface area (Å²) in [5, 5.41) is 0. The number of hydrogen-bond acceptors (Lipinski definition) is 3. The zero-order valence-corrected chi connectivity index (χ0v) is 10.8. The van der Waals surface area contributed by atoms with E-state index in [1.807, 2.05) is 25.7 Å². The largest absolute Gasteiger partial charge is 0.453 e. The van der Waals surface area contributed by atoms with Gasteiger partial charge >= 0.3 is 6.09 Å². The summed E-state index contributed by atoms with van der Waals surface area (Å²) in [5.74, 6) is 0. The lowest BCUT2D eigenvalue weighted by Gasteiger charge is -2.43. The third-order valence-electron chi connectivity index (χ3n) is 3.20. The van der Waals surface area contributed by atoms with Crippen molar-refractivity contribution < 1.29 is 9.53 Å². The molecule has 0 radical (unpaired) electrons. The van der Waals surface area contributed by atoms with Crippen molar-refractivity contribution in [2.24, 2.45) is 5.73 Å². The van der Waals surface area contributed by atoms with Crippen LogP contribution in [0, 0.1) is 0 Å². The van der Waals surface area contributed by atoms with Crippen molar-refractivity contribution in [2.45, 2.75) is 64.1 Å². The molecule has 0 aromatic heterocycles. The van der Waals surface area contributed by atoms with Crippen LogP contribution < -0.4 is 5.73 Å². The second-order valence-electron chi connectivity index (χ2n) is 5.58. The predicted molar refractivity (Wildman–Crippen MR) is 64.2 cm³/mol. The normalized spacial score (nSPS) is 26.3. The second-order valence-corrected chi connectivity index (χ2v) is 5.58. The van der Waals surface area contributed by atoms with Crippen LogP contribution in [-0.2, 0) is 4.74 Å². The molecule has 0 heterocycles. The van der Waals surface area contributed by atoms with Crippen LogP contribution in [0.4, 0.5) is 4.79 Å². The Morgan fingerprint density at radius 2 is 1.75 bits per heavy atom. The maximum atomic E-state index is 11.8. The first-order chi connectivity index (χ1) is 7.36. The highest BCUT2D eigenvalue weighted by molar-refractivity contribution is 5.68. The van der Waals surface area contributed by atoms with Gasteiger partial charge in [-0.2, -0.15) is 0 Å². The van der Waals surface area contributed by atoms with Gasteiger partial charge in [0.2, 0.25) is 0 Å². The molecule has 0 unspecified atom stereocenters. The van der Waals surface area contributed by atoms with Crippen molar-refractivity contribution in [3.05, 3.63) is 0 Å². The summed E-state index contributed by atoms with van der Waals surface area (Å²) in [5.41, 5.74) is 5.68. The summed E-state index contributed by atoms with van der Waals surface area (Å²) in [6.45, 7) is 6.12. The van der Waals surface area contributed by atoms with Gasteiger partial charge < -0.3 is 15.4 Å². The molecule has 0 aromatic rings. The molecule has 1 rings (SSSR count). The molecule has 2 N–H and O–H groups in total. The Balaban J connectivity index is 2.74. The van der Waals surface area contributed by atoms with E-state index < -0.39 is 0 Å². The number of nitrogens with zero attached hydrogens (tertiary/aromatic N) is 1. The van der Waals surface area contributed by atoms with Gasteiger partial charge in [0.1, 0.15) is 0 Å². The zero-order chi connectivity index (χ0) is 12.3. The number of carbonyl (C=O) groups is 1. The molecule has 16 heavy (non-hydrogen) atoms. The summed E-state index contributed by atoms with van der Waals surface area (Å²) < 4.78 is 4.87. The van der Waals surface area contributed by atoms with Gasteiger partial charge in [0.05, 0.1) is 7.11 Å². The SMILES string of the molecule is COC(=O)N(C1CCC(N)CC1)C(C)(C)C. The smallest absolute Gasteiger partial charge is 0.410 e. The van der Waals surface area contributed by atoms with Crippen molar-refractivity contribution in [3.63, 3.8) is 0 Å². The Kier molecular flexibility index (Phi) is 4.19. The second kappa shape index (κ2) is 5.04. The Hall–Kier alpha value is -0.770. The highest BCUT2D eigenvalue weighted by Crippen LogP contribution is 2.28. The molecule has 94 valence electrons. The first-order valence-corrected chi connectivity index (χ1v) is 5.99. The van der Waals surface area contributed by atoms with Gasteiger partial charge in [-0.15, -0.1) is 0 Å². The predicted octanol–water partition coefficient (Wildman–Crippen LogP) is 2.12. The Labute approximate surface area is 98.1 Å². The van der Waals surface area contributed by atoms with E-state index in [9.17, 15) is 4.79 Å². The number of hydrogen-bond donors (Lipinski definition) is 1. The molecule has 4 heteroatoms. The van der Waals surface area contributed by atoms with Crippen LogP contribution in [-0.4, -0.2) is 35.7 Å². The molecule has 0 atom stereocenters. The van der Waals surface area contributed by atoms with E-state index in [1.165, 1.54) is 7.11 Å². The third-order valence-corrected chi connectivity index (χ3v) is 3.20. The average molecular weight is 228 g/mol. The van der Waals surface area contributed by atoms with Gasteiger partial charge in [0.25, 0.3) is 0 Å². The highest BCUT2D eigenvalue weighted by atomic mass is 16.5. The Bertz CT molecular complexity index is 240. The minimum Gasteiger partial charge on any atom is -0.453 e. The first kappa shape index (κ1) is 13.3. The first-order valence-electron chi connectivity index (χ1n) is 5.99. The fourth-order valence-electron chi connectivity index (χ4n) is 2.43. The van der Waals surface area contributed by atoms with E-state index in [4.69, 9.17) is 10.5 Å². The molecular weight excluding hydrogens is 204 g/mol. The minimum atomic E-state index is -0.229. The number of methoxy groups -OCH3 is 1. The summed E-state index contributed by atoms with van der Waals surface area (Å²) in [4.78, 5) is 13.7. The quantitative estimate of drug-likeness (QED) is 0.748. The van der Waals surface area contributed by atoms with Crippen molar-refractivity contribution in [1.82, 2.24) is 4.90 Å². The van der Waals surface area contributed by atoms with E-state index in [-0.39, 0.29) is 17.7 Å². The molecule has 1 aliphatic rings. The number of ether oxygens (including phenoxy) is 1. The van der Waals surface area contributed by atoms with E-state index in [2.05, 4.69) is 0 Å². The Morgan fingerprint density at radius 1 is 1.25 bits per heavy atom. The lowest BCUT2D eigenvalue weighted by molar-refractivity contribution is 0.0433. The lowest BCUT2D eigenvalue weighted by Crippen LogP contribution is -2.53. The van der Waals surface area contributed by atoms with Gasteiger partial charge in [-0.25, -0.2) is 4.79 Å². The maximum absolute atomic E-state index is 11.8. The van der Waals surface area contributed by atoms with Crippen molar-refractivity contribution in [1.29, 1.82) is 0 Å². The van der Waals surface area contributed by atoms with Crippen molar-refractivity contribution in [2.75, 3.05) is 7.11 Å². The average Bonchev–Trinajstić information content (AvgIpc) is 2.19. The number of nitrogens with two attached hydrogens (primary N) is 1. The molecule has 1 saturated carbocycles. The third kappa shape index (κ3) is 3.11. The fourth-order valence-corrected chi connectivity index (χ4v) is 2.43. The molecule has 0 saturated heterocycles. The van der Waals surface area contributed by atoms with Crippen LogP contribution in [0.1, 0.15) is 46.5 Å². The lowest BCUT2D eigenvalue weighted by atomic mass is 9.88. The number of amides is 1. The number of carbonyl (C=O) groups excluding carboxylic acids is 1. The molecule has 1 aliphatic carbocycles. The van der Waals surface area contributed by atoms with E-state index in [0.717, 1.165) is 25.7 Å². The minimum absolute atomic E-state index is 0.195. The van der Waals surface area contributed by atoms with Gasteiger partial charge in [-0.05, 0) is 46.5 Å². The summed E-state index contributed by atoms with van der Waals surface area (Å²) in [6, 6.07) is 0.572. The monoisotopic (exact) mass is 228 g/mol. The number of rotatable bonds is 1. The maximum Gasteiger partial charge on any atom is 0.410 e. The van der Waals surface area contributed by atoms with Gasteiger partial charge in [0, 0.05) is 17.6 Å². The van der Waals surface area contributed by atoms with Crippen LogP contribution in [0.2, 0.25) is 0 Å². The summed E-state index contributed by atoms with van der Waals surface area (Å²) >= 11 is 0. The fraction of sp³-hybridized carbons (Fsp3) is 0.917. The van der Waals surface area contributed by atoms with Crippen LogP contribution in [0.15, 0.2) is 0 Å². The van der Waals surface area contributed by atoms with Crippen LogP contribution in [0.3, 0.4) is 0 Å². The molecule has 0 spiro atoms. The molecular formula is C12H24N2O2. The topological polar surface area (TPSA) is 55.6 Å². The molecule has 0 bridgehead atoms. The molecule has 0 aliphatic heterocycles. The van der Waals surface area contributed by atoms with E-state index in [0.29, 0.717) is 6.04 Å². The standard InChI is InChI=1S/C12H24N2O2/c1-12(2,3)14(11(15)16-4)10-7-5-9(13)6-8-10/h9-10H,5-8,13H2,1-4H3. The molecule has 1 fully saturated rings. The zero-order valence-electron chi connectivity index (χ0n) is 10.8. The van der Waals surface area contributed by atoms with Gasteiger partial charge in [0.15, 0.2) is 0 Å². The van der Waals surface area contributed by atoms with Crippen molar-refractivity contribution in [3.8, 4) is 0 Å². The summed E-state index contributed by atoms with van der Waals surface area (Å²) in [6.07, 6.45) is 3.72. The summed E-state index contributed by atoms with van der Waals surface area (Å²) in [7, 11) is 1.44. The van der Waals surface area contributed by atoms with E-state index in [1.54, 1.807) is 0 Å². The Morgan fingerprint density at radius 3 is 2.12 bits per heavy atom.